The molecule has 5 heteroatoms. The van der Waals surface area contributed by atoms with Crippen LogP contribution in [0.5, 0.6) is 0 Å². The summed E-state index contributed by atoms with van der Waals surface area (Å²) in [6, 6.07) is 0. The van der Waals surface area contributed by atoms with Crippen molar-refractivity contribution in [1.82, 2.24) is 0 Å². The fraction of sp³-hybridized carbons (Fsp3) is 0.750. The van der Waals surface area contributed by atoms with Gasteiger partial charge in [-0.25, -0.2) is 13.6 Å². The fourth-order valence-electron chi connectivity index (χ4n) is 0.901. The van der Waals surface area contributed by atoms with Crippen molar-refractivity contribution >= 4 is 10.0 Å². The van der Waals surface area contributed by atoms with Crippen LogP contribution in [-0.4, -0.2) is 25.4 Å². The molecule has 0 spiro atoms. The molecule has 0 aliphatic rings. The van der Waals surface area contributed by atoms with Gasteiger partial charge < -0.3 is 5.11 Å². The number of nitrogens with two attached hydrogens (primary N) is 1. The molecular weight excluding hydrogens is 190 g/mol. The van der Waals surface area contributed by atoms with Crippen molar-refractivity contribution in [3.05, 3.63) is 12.2 Å². The lowest BCUT2D eigenvalue weighted by atomic mass is 10.0. The largest absolute Gasteiger partial charge is 0.392 e. The van der Waals surface area contributed by atoms with Gasteiger partial charge in [-0.1, -0.05) is 19.1 Å². The van der Waals surface area contributed by atoms with Gasteiger partial charge in [0.15, 0.2) is 0 Å². The molecule has 0 amide bonds. The van der Waals surface area contributed by atoms with Crippen molar-refractivity contribution in [3.8, 4) is 0 Å². The molecule has 13 heavy (non-hydrogen) atoms. The van der Waals surface area contributed by atoms with Gasteiger partial charge in [0.05, 0.1) is 11.9 Å². The first-order valence-electron chi connectivity index (χ1n) is 4.17. The molecule has 0 heterocycles. The van der Waals surface area contributed by atoms with Gasteiger partial charge in [-0.05, 0) is 19.3 Å². The van der Waals surface area contributed by atoms with E-state index in [1.54, 1.807) is 19.1 Å². The third kappa shape index (κ3) is 5.02. The van der Waals surface area contributed by atoms with Crippen LogP contribution in [0.3, 0.4) is 0 Å². The lowest BCUT2D eigenvalue weighted by Gasteiger charge is -2.15. The Balaban J connectivity index is 4.12. The Hall–Kier alpha value is -0.390. The van der Waals surface area contributed by atoms with Gasteiger partial charge >= 0.3 is 0 Å². The van der Waals surface area contributed by atoms with Crippen LogP contribution >= 0.6 is 0 Å². The molecule has 0 saturated heterocycles. The Bertz CT molecular complexity index is 259. The molecule has 0 aromatic carbocycles. The summed E-state index contributed by atoms with van der Waals surface area (Å²) in [5.74, 6) is -0.0298. The summed E-state index contributed by atoms with van der Waals surface area (Å²) < 4.78 is 21.8. The first-order valence-corrected chi connectivity index (χ1v) is 5.78. The van der Waals surface area contributed by atoms with Gasteiger partial charge in [-0.3, -0.25) is 0 Å². The maximum Gasteiger partial charge on any atom is 0.211 e. The zero-order chi connectivity index (χ0) is 10.5. The number of sulfonamides is 1. The molecule has 78 valence electrons. The minimum Gasteiger partial charge on any atom is -0.392 e. The normalized spacial score (nSPS) is 17.5. The summed E-state index contributed by atoms with van der Waals surface area (Å²) >= 11 is 0. The van der Waals surface area contributed by atoms with Gasteiger partial charge in [-0.15, -0.1) is 0 Å². The van der Waals surface area contributed by atoms with Gasteiger partial charge in [0.2, 0.25) is 10.0 Å². The summed E-state index contributed by atoms with van der Waals surface area (Å²) in [7, 11) is -3.44. The van der Waals surface area contributed by atoms with Crippen LogP contribution in [0.2, 0.25) is 0 Å². The highest BCUT2D eigenvalue weighted by Crippen LogP contribution is 2.13. The van der Waals surface area contributed by atoms with Crippen LogP contribution in [-0.2, 0) is 10.0 Å². The standard InChI is InChI=1S/C8H17NO3S/c1-7(5-3-4-6-10)8(2)13(9,11)12/h3-4,7-8,10H,5-6H2,1-2H3,(H2,9,11,12)/b4-3+/t7-,8+/m0/s1. The van der Waals surface area contributed by atoms with E-state index in [2.05, 4.69) is 0 Å². The minimum absolute atomic E-state index is 0.0174. The van der Waals surface area contributed by atoms with Gasteiger partial charge in [0.25, 0.3) is 0 Å². The smallest absolute Gasteiger partial charge is 0.211 e. The van der Waals surface area contributed by atoms with Crippen LogP contribution in [0.25, 0.3) is 0 Å². The fourth-order valence-corrected chi connectivity index (χ4v) is 1.66. The van der Waals surface area contributed by atoms with E-state index in [-0.39, 0.29) is 12.5 Å². The highest BCUT2D eigenvalue weighted by Gasteiger charge is 2.21. The predicted octanol–water partition coefficient (Wildman–Crippen LogP) is 0.238. The quantitative estimate of drug-likeness (QED) is 0.634. The van der Waals surface area contributed by atoms with Crippen LogP contribution in [0, 0.1) is 5.92 Å². The van der Waals surface area contributed by atoms with Crippen LogP contribution < -0.4 is 5.14 Å². The number of hydrogen-bond donors (Lipinski definition) is 2. The number of hydrogen-bond acceptors (Lipinski definition) is 3. The first kappa shape index (κ1) is 12.6. The summed E-state index contributed by atoms with van der Waals surface area (Å²) in [5, 5.41) is 12.9. The average Bonchev–Trinajstić information content (AvgIpc) is 2.01. The van der Waals surface area contributed by atoms with E-state index in [9.17, 15) is 8.42 Å². The highest BCUT2D eigenvalue weighted by atomic mass is 32.2. The average molecular weight is 207 g/mol. The molecule has 3 N–H and O–H groups in total. The molecular formula is C8H17NO3S. The topological polar surface area (TPSA) is 80.4 Å². The summed E-state index contributed by atoms with van der Waals surface area (Å²) in [6.07, 6.45) is 3.96. The van der Waals surface area contributed by atoms with Crippen molar-refractivity contribution in [1.29, 1.82) is 0 Å². The lowest BCUT2D eigenvalue weighted by molar-refractivity contribution is 0.342. The Morgan fingerprint density at radius 2 is 1.92 bits per heavy atom. The first-order chi connectivity index (χ1) is 5.89. The maximum atomic E-state index is 10.9. The van der Waals surface area contributed by atoms with E-state index < -0.39 is 15.3 Å². The van der Waals surface area contributed by atoms with E-state index in [4.69, 9.17) is 10.2 Å². The third-order valence-corrected chi connectivity index (χ3v) is 3.60. The zero-order valence-electron chi connectivity index (χ0n) is 7.97. The maximum absolute atomic E-state index is 10.9. The van der Waals surface area contributed by atoms with Gasteiger partial charge in [-0.2, -0.15) is 0 Å². The second-order valence-electron chi connectivity index (χ2n) is 3.16. The number of aliphatic hydroxyl groups is 1. The van der Waals surface area contributed by atoms with E-state index in [1.807, 2.05) is 6.92 Å². The highest BCUT2D eigenvalue weighted by molar-refractivity contribution is 7.89. The van der Waals surface area contributed by atoms with Crippen molar-refractivity contribution in [2.24, 2.45) is 11.1 Å². The third-order valence-electron chi connectivity index (χ3n) is 2.10. The van der Waals surface area contributed by atoms with Crippen molar-refractivity contribution in [2.45, 2.75) is 25.5 Å². The summed E-state index contributed by atoms with van der Waals surface area (Å²) in [5.41, 5.74) is 0. The molecule has 0 aromatic rings. The van der Waals surface area contributed by atoms with E-state index in [1.165, 1.54) is 0 Å². The SMILES string of the molecule is C[C@H]([C@@H](C)C/C=C/CO)S(N)(=O)=O. The molecule has 0 aromatic heterocycles. The number of primary sulfonamides is 1. The lowest BCUT2D eigenvalue weighted by Crippen LogP contribution is -2.31. The molecule has 0 rings (SSSR count). The van der Waals surface area contributed by atoms with Gasteiger partial charge in [0.1, 0.15) is 0 Å². The molecule has 4 nitrogen and oxygen atoms in total. The second-order valence-corrected chi connectivity index (χ2v) is 5.08. The van der Waals surface area contributed by atoms with Crippen molar-refractivity contribution in [3.63, 3.8) is 0 Å². The monoisotopic (exact) mass is 207 g/mol. The van der Waals surface area contributed by atoms with Crippen molar-refractivity contribution in [2.75, 3.05) is 6.61 Å². The Labute approximate surface area is 79.5 Å². The molecule has 0 bridgehead atoms. The number of aliphatic hydroxyl groups excluding tert-OH is 1. The van der Waals surface area contributed by atoms with Crippen LogP contribution in [0.1, 0.15) is 20.3 Å². The second kappa shape index (κ2) is 5.36. The van der Waals surface area contributed by atoms with E-state index in [0.29, 0.717) is 6.42 Å². The zero-order valence-corrected chi connectivity index (χ0v) is 8.79. The molecule has 0 unspecified atom stereocenters. The van der Waals surface area contributed by atoms with E-state index >= 15 is 0 Å². The molecule has 0 saturated carbocycles. The molecule has 2 atom stereocenters. The Morgan fingerprint density at radius 3 is 2.31 bits per heavy atom. The molecule has 0 fully saturated rings. The minimum atomic E-state index is -3.44. The molecule has 0 aliphatic carbocycles. The van der Waals surface area contributed by atoms with Gasteiger partial charge in [0, 0.05) is 0 Å². The number of rotatable bonds is 5. The Morgan fingerprint density at radius 1 is 1.38 bits per heavy atom. The summed E-state index contributed by atoms with van der Waals surface area (Å²) in [4.78, 5) is 0. The van der Waals surface area contributed by atoms with Crippen LogP contribution in [0.4, 0.5) is 0 Å². The van der Waals surface area contributed by atoms with Crippen molar-refractivity contribution < 1.29 is 13.5 Å². The van der Waals surface area contributed by atoms with E-state index in [0.717, 1.165) is 0 Å². The summed E-state index contributed by atoms with van der Waals surface area (Å²) in [6.45, 7) is 3.39. The molecule has 0 radical (unpaired) electrons. The Kier molecular flexibility index (Phi) is 5.20. The molecule has 0 aliphatic heterocycles. The number of allylic oxidation sites excluding steroid dienone is 1. The predicted molar refractivity (Wildman–Crippen MR) is 52.6 cm³/mol. The van der Waals surface area contributed by atoms with Crippen LogP contribution in [0.15, 0.2) is 12.2 Å².